The average molecular weight is 354 g/mol. The van der Waals surface area contributed by atoms with Crippen LogP contribution in [0.3, 0.4) is 0 Å². The molecule has 2 heterocycles. The number of rotatable bonds is 5. The van der Waals surface area contributed by atoms with E-state index in [9.17, 15) is 14.0 Å². The minimum atomic E-state index is -0.645. The van der Waals surface area contributed by atoms with Gasteiger partial charge >= 0.3 is 0 Å². The van der Waals surface area contributed by atoms with Gasteiger partial charge in [0.15, 0.2) is 0 Å². The fraction of sp³-hybridized carbons (Fsp3) is 0.316. The number of hydrogen-bond acceptors (Lipinski definition) is 3. The summed E-state index contributed by atoms with van der Waals surface area (Å²) in [6.45, 7) is 4.63. The molecule has 26 heavy (non-hydrogen) atoms. The number of nitrogens with zero attached hydrogens (tertiary/aromatic N) is 3. The number of benzene rings is 1. The predicted octanol–water partition coefficient (Wildman–Crippen LogP) is 2.26. The lowest BCUT2D eigenvalue weighted by atomic mass is 9.95. The molecule has 0 spiro atoms. The molecular formula is C19H19FN4O2. The quantitative estimate of drug-likeness (QED) is 0.838. The second-order valence-corrected chi connectivity index (χ2v) is 6.86. The minimum Gasteiger partial charge on any atom is -0.335 e. The van der Waals surface area contributed by atoms with E-state index in [1.165, 1.54) is 18.2 Å². The fourth-order valence-electron chi connectivity index (χ4n) is 3.34. The summed E-state index contributed by atoms with van der Waals surface area (Å²) in [6.07, 6.45) is 6.07. The molecule has 0 unspecified atom stereocenters. The maximum Gasteiger partial charge on any atom is 0.246 e. The lowest BCUT2D eigenvalue weighted by Gasteiger charge is -2.38. The molecule has 1 saturated carbocycles. The van der Waals surface area contributed by atoms with Crippen molar-refractivity contribution in [2.75, 3.05) is 18.4 Å². The molecule has 0 bridgehead atoms. The Labute approximate surface area is 150 Å². The number of aromatic nitrogens is 2. The third-order valence-corrected chi connectivity index (χ3v) is 5.14. The molecule has 7 heteroatoms. The highest BCUT2D eigenvalue weighted by Gasteiger charge is 2.51. The van der Waals surface area contributed by atoms with Gasteiger partial charge < -0.3 is 10.2 Å². The molecule has 1 aliphatic carbocycles. The maximum atomic E-state index is 13.5. The van der Waals surface area contributed by atoms with E-state index < -0.39 is 5.41 Å². The van der Waals surface area contributed by atoms with Crippen LogP contribution in [-0.2, 0) is 15.0 Å². The molecule has 4 rings (SSSR count). The highest BCUT2D eigenvalue weighted by molar-refractivity contribution is 6.01. The van der Waals surface area contributed by atoms with Gasteiger partial charge in [-0.3, -0.25) is 14.3 Å². The molecule has 0 atom stereocenters. The number of anilines is 1. The Hall–Kier alpha value is -2.96. The van der Waals surface area contributed by atoms with Crippen LogP contribution in [-0.4, -0.2) is 39.6 Å². The zero-order chi connectivity index (χ0) is 18.3. The van der Waals surface area contributed by atoms with Crippen molar-refractivity contribution < 1.29 is 14.0 Å². The molecule has 2 fully saturated rings. The molecule has 2 aliphatic rings. The summed E-state index contributed by atoms with van der Waals surface area (Å²) in [4.78, 5) is 25.9. The summed E-state index contributed by atoms with van der Waals surface area (Å²) >= 11 is 0. The van der Waals surface area contributed by atoms with Crippen molar-refractivity contribution in [3.8, 4) is 0 Å². The van der Waals surface area contributed by atoms with Crippen molar-refractivity contribution in [2.24, 2.45) is 0 Å². The van der Waals surface area contributed by atoms with Gasteiger partial charge in [0, 0.05) is 19.3 Å². The van der Waals surface area contributed by atoms with Crippen molar-refractivity contribution in [1.82, 2.24) is 14.7 Å². The molecule has 1 saturated heterocycles. The average Bonchev–Trinajstić information content (AvgIpc) is 3.29. The molecule has 134 valence electrons. The normalized spacial score (nSPS) is 18.1. The summed E-state index contributed by atoms with van der Waals surface area (Å²) in [5.74, 6) is -0.564. The topological polar surface area (TPSA) is 67.2 Å². The van der Waals surface area contributed by atoms with Crippen molar-refractivity contribution in [3.63, 3.8) is 0 Å². The highest BCUT2D eigenvalue weighted by Crippen LogP contribution is 2.49. The smallest absolute Gasteiger partial charge is 0.246 e. The van der Waals surface area contributed by atoms with E-state index in [0.29, 0.717) is 37.2 Å². The van der Waals surface area contributed by atoms with Gasteiger partial charge in [0.05, 0.1) is 23.3 Å². The zero-order valence-electron chi connectivity index (χ0n) is 14.2. The molecule has 1 aliphatic heterocycles. The van der Waals surface area contributed by atoms with Gasteiger partial charge in [-0.2, -0.15) is 5.10 Å². The van der Waals surface area contributed by atoms with Crippen LogP contribution in [0.4, 0.5) is 10.1 Å². The van der Waals surface area contributed by atoms with E-state index in [1.807, 2.05) is 0 Å². The van der Waals surface area contributed by atoms with Gasteiger partial charge in [0.2, 0.25) is 11.8 Å². The number of likely N-dealkylation sites (tertiary alicyclic amines) is 1. The first-order chi connectivity index (χ1) is 12.5. The predicted molar refractivity (Wildman–Crippen MR) is 94.0 cm³/mol. The molecule has 1 aromatic carbocycles. The Kier molecular flexibility index (Phi) is 3.86. The second kappa shape index (κ2) is 6.09. The lowest BCUT2D eigenvalue weighted by Crippen LogP contribution is -2.50. The van der Waals surface area contributed by atoms with E-state index in [0.717, 1.165) is 0 Å². The monoisotopic (exact) mass is 354 g/mol. The Morgan fingerprint density at radius 3 is 2.77 bits per heavy atom. The van der Waals surface area contributed by atoms with Gasteiger partial charge in [-0.25, -0.2) is 4.39 Å². The Morgan fingerprint density at radius 2 is 2.12 bits per heavy atom. The number of nitrogens with one attached hydrogen (secondary N) is 1. The molecule has 2 aromatic rings. The summed E-state index contributed by atoms with van der Waals surface area (Å²) in [7, 11) is 0. The van der Waals surface area contributed by atoms with Crippen LogP contribution in [0.5, 0.6) is 0 Å². The first-order valence-corrected chi connectivity index (χ1v) is 8.55. The zero-order valence-corrected chi connectivity index (χ0v) is 14.2. The maximum absolute atomic E-state index is 13.5. The van der Waals surface area contributed by atoms with Gasteiger partial charge in [0.1, 0.15) is 5.82 Å². The summed E-state index contributed by atoms with van der Waals surface area (Å²) < 4.78 is 15.2. The van der Waals surface area contributed by atoms with Crippen LogP contribution >= 0.6 is 0 Å². The molecule has 1 aromatic heterocycles. The van der Waals surface area contributed by atoms with Crippen LogP contribution in [0.15, 0.2) is 49.3 Å². The second-order valence-electron chi connectivity index (χ2n) is 6.86. The Bertz CT molecular complexity index is 881. The third-order valence-electron chi connectivity index (χ3n) is 5.14. The molecule has 6 nitrogen and oxygen atoms in total. The van der Waals surface area contributed by atoms with Crippen LogP contribution in [0.25, 0.3) is 0 Å². The van der Waals surface area contributed by atoms with E-state index in [1.54, 1.807) is 34.1 Å². The van der Waals surface area contributed by atoms with E-state index >= 15 is 0 Å². The molecule has 1 N–H and O–H groups in total. The Morgan fingerprint density at radius 1 is 1.35 bits per heavy atom. The number of halogens is 1. The number of carbonyl (C=O) groups is 2. The van der Waals surface area contributed by atoms with Gasteiger partial charge in [0.25, 0.3) is 0 Å². The van der Waals surface area contributed by atoms with Gasteiger partial charge in [-0.15, -0.1) is 0 Å². The third kappa shape index (κ3) is 2.79. The van der Waals surface area contributed by atoms with Crippen LogP contribution in [0, 0.1) is 5.82 Å². The molecule has 0 radical (unpaired) electrons. The van der Waals surface area contributed by atoms with Crippen molar-refractivity contribution in [3.05, 3.63) is 60.7 Å². The SMILES string of the molecule is C=CC(=O)N1CC(n2cc(NC(=O)C3(c4cccc(F)c4)CC3)cn2)C1. The van der Waals surface area contributed by atoms with Crippen LogP contribution in [0.1, 0.15) is 24.4 Å². The summed E-state index contributed by atoms with van der Waals surface area (Å²) in [5.41, 5.74) is 0.666. The summed E-state index contributed by atoms with van der Waals surface area (Å²) in [6, 6.07) is 6.32. The first kappa shape index (κ1) is 16.5. The van der Waals surface area contributed by atoms with Crippen LogP contribution in [0.2, 0.25) is 0 Å². The van der Waals surface area contributed by atoms with Crippen LogP contribution < -0.4 is 5.32 Å². The summed E-state index contributed by atoms with van der Waals surface area (Å²) in [5, 5.41) is 7.17. The standard InChI is InChI=1S/C19H19FN4O2/c1-2-17(25)23-11-16(12-23)24-10-15(9-21-24)22-18(26)19(6-7-19)13-4-3-5-14(20)8-13/h2-5,8-10,16H,1,6-7,11-12H2,(H,22,26). The lowest BCUT2D eigenvalue weighted by molar-refractivity contribution is -0.131. The van der Waals surface area contributed by atoms with Crippen molar-refractivity contribution in [2.45, 2.75) is 24.3 Å². The fourth-order valence-corrected chi connectivity index (χ4v) is 3.34. The first-order valence-electron chi connectivity index (χ1n) is 8.55. The molecular weight excluding hydrogens is 335 g/mol. The van der Waals surface area contributed by atoms with E-state index in [4.69, 9.17) is 0 Å². The molecule has 2 amide bonds. The Balaban J connectivity index is 1.41. The van der Waals surface area contributed by atoms with Gasteiger partial charge in [-0.1, -0.05) is 18.7 Å². The number of amides is 2. The highest BCUT2D eigenvalue weighted by atomic mass is 19.1. The number of hydrogen-bond donors (Lipinski definition) is 1. The van der Waals surface area contributed by atoms with E-state index in [-0.39, 0.29) is 23.7 Å². The number of carbonyl (C=O) groups excluding carboxylic acids is 2. The van der Waals surface area contributed by atoms with Crippen molar-refractivity contribution >= 4 is 17.5 Å². The minimum absolute atomic E-state index is 0.0901. The largest absolute Gasteiger partial charge is 0.335 e. The van der Waals surface area contributed by atoms with Gasteiger partial charge in [-0.05, 0) is 36.6 Å². The van der Waals surface area contributed by atoms with E-state index in [2.05, 4.69) is 17.0 Å². The van der Waals surface area contributed by atoms with Crippen molar-refractivity contribution in [1.29, 1.82) is 0 Å².